The molecule has 0 radical (unpaired) electrons. The normalized spacial score (nSPS) is 14.9. The highest BCUT2D eigenvalue weighted by Gasteiger charge is 2.30. The second kappa shape index (κ2) is 3.15. The first-order valence-corrected chi connectivity index (χ1v) is 3.62. The molecule has 60 valence electrons. The van der Waals surface area contributed by atoms with Crippen LogP contribution in [-0.2, 0) is 4.79 Å². The Morgan fingerprint density at radius 1 is 1.60 bits per heavy atom. The highest BCUT2D eigenvalue weighted by Crippen LogP contribution is 2.23. The second-order valence-electron chi connectivity index (χ2n) is 3.20. The zero-order valence-electron chi connectivity index (χ0n) is 7.14. The average molecular weight is 144 g/mol. The maximum absolute atomic E-state index is 10.9. The monoisotopic (exact) mass is 144 g/mol. The molecule has 10 heavy (non-hydrogen) atoms. The molecule has 0 heterocycles. The van der Waals surface area contributed by atoms with Crippen molar-refractivity contribution in [1.82, 2.24) is 0 Å². The standard InChI is InChI=1S/C8H16O2/c1-5-7(10)8(3,4)6(2)9/h7,10H,5H2,1-4H3. The number of rotatable bonds is 3. The van der Waals surface area contributed by atoms with E-state index in [1.54, 1.807) is 13.8 Å². The fourth-order valence-corrected chi connectivity index (χ4v) is 0.745. The van der Waals surface area contributed by atoms with Gasteiger partial charge in [0.25, 0.3) is 0 Å². The highest BCUT2D eigenvalue weighted by atomic mass is 16.3. The van der Waals surface area contributed by atoms with E-state index in [0.717, 1.165) is 0 Å². The van der Waals surface area contributed by atoms with Gasteiger partial charge in [0.2, 0.25) is 0 Å². The van der Waals surface area contributed by atoms with Gasteiger partial charge in [-0.3, -0.25) is 4.79 Å². The molecular formula is C8H16O2. The minimum Gasteiger partial charge on any atom is -0.392 e. The van der Waals surface area contributed by atoms with Crippen LogP contribution in [0, 0.1) is 5.41 Å². The summed E-state index contributed by atoms with van der Waals surface area (Å²) < 4.78 is 0. The Bertz CT molecular complexity index is 127. The zero-order chi connectivity index (χ0) is 8.36. The quantitative estimate of drug-likeness (QED) is 0.649. The van der Waals surface area contributed by atoms with Crippen molar-refractivity contribution >= 4 is 5.78 Å². The molecule has 0 aliphatic rings. The van der Waals surface area contributed by atoms with E-state index < -0.39 is 11.5 Å². The van der Waals surface area contributed by atoms with Gasteiger partial charge >= 0.3 is 0 Å². The lowest BCUT2D eigenvalue weighted by Gasteiger charge is -2.26. The van der Waals surface area contributed by atoms with Crippen LogP contribution in [0.25, 0.3) is 0 Å². The van der Waals surface area contributed by atoms with Crippen molar-refractivity contribution in [2.45, 2.75) is 40.2 Å². The van der Waals surface area contributed by atoms with E-state index in [-0.39, 0.29) is 5.78 Å². The molecule has 2 heteroatoms. The number of ketones is 1. The van der Waals surface area contributed by atoms with E-state index in [0.29, 0.717) is 6.42 Å². The summed E-state index contributed by atoms with van der Waals surface area (Å²) in [7, 11) is 0. The van der Waals surface area contributed by atoms with Crippen molar-refractivity contribution < 1.29 is 9.90 Å². The number of Topliss-reactive ketones (excluding diaryl/α,β-unsaturated/α-hetero) is 1. The van der Waals surface area contributed by atoms with E-state index in [1.807, 2.05) is 6.92 Å². The number of aliphatic hydroxyl groups excluding tert-OH is 1. The summed E-state index contributed by atoms with van der Waals surface area (Å²) in [5.74, 6) is 0.0434. The molecule has 0 aromatic heterocycles. The van der Waals surface area contributed by atoms with Crippen LogP contribution in [0.15, 0.2) is 0 Å². The Morgan fingerprint density at radius 3 is 2.10 bits per heavy atom. The summed E-state index contributed by atoms with van der Waals surface area (Å²) in [5, 5.41) is 9.34. The Hall–Kier alpha value is -0.370. The molecule has 1 atom stereocenters. The molecule has 1 N–H and O–H groups in total. The fourth-order valence-electron chi connectivity index (χ4n) is 0.745. The summed E-state index contributed by atoms with van der Waals surface area (Å²) in [5.41, 5.74) is -0.575. The fraction of sp³-hybridized carbons (Fsp3) is 0.875. The van der Waals surface area contributed by atoms with Gasteiger partial charge in [0, 0.05) is 5.41 Å². The van der Waals surface area contributed by atoms with E-state index in [4.69, 9.17) is 0 Å². The molecule has 0 bridgehead atoms. The minimum absolute atomic E-state index is 0.0434. The van der Waals surface area contributed by atoms with Crippen LogP contribution in [0.5, 0.6) is 0 Å². The van der Waals surface area contributed by atoms with Gasteiger partial charge in [-0.25, -0.2) is 0 Å². The first-order valence-electron chi connectivity index (χ1n) is 3.62. The summed E-state index contributed by atoms with van der Waals surface area (Å²) >= 11 is 0. The van der Waals surface area contributed by atoms with Gasteiger partial charge in [-0.2, -0.15) is 0 Å². The van der Waals surface area contributed by atoms with E-state index in [9.17, 15) is 9.90 Å². The Kier molecular flexibility index (Phi) is 3.03. The van der Waals surface area contributed by atoms with Crippen LogP contribution in [0.3, 0.4) is 0 Å². The van der Waals surface area contributed by atoms with Gasteiger partial charge < -0.3 is 5.11 Å². The van der Waals surface area contributed by atoms with Crippen molar-refractivity contribution in [1.29, 1.82) is 0 Å². The van der Waals surface area contributed by atoms with Crippen LogP contribution in [0.1, 0.15) is 34.1 Å². The molecule has 0 fully saturated rings. The average Bonchev–Trinajstić information content (AvgIpc) is 1.86. The molecule has 0 aliphatic carbocycles. The van der Waals surface area contributed by atoms with Gasteiger partial charge in [-0.1, -0.05) is 20.8 Å². The molecule has 0 aromatic rings. The summed E-state index contributed by atoms with van der Waals surface area (Å²) in [4.78, 5) is 10.9. The minimum atomic E-state index is -0.575. The number of aliphatic hydroxyl groups is 1. The molecule has 0 spiro atoms. The van der Waals surface area contributed by atoms with Crippen LogP contribution < -0.4 is 0 Å². The molecule has 0 aliphatic heterocycles. The SMILES string of the molecule is CCC(O)C(C)(C)C(C)=O. The third-order valence-corrected chi connectivity index (χ3v) is 2.13. The van der Waals surface area contributed by atoms with Crippen molar-refractivity contribution in [3.05, 3.63) is 0 Å². The summed E-state index contributed by atoms with van der Waals surface area (Å²) in [6.45, 7) is 6.92. The number of hydrogen-bond acceptors (Lipinski definition) is 2. The van der Waals surface area contributed by atoms with Gasteiger partial charge in [-0.15, -0.1) is 0 Å². The molecule has 2 nitrogen and oxygen atoms in total. The van der Waals surface area contributed by atoms with Gasteiger partial charge in [-0.05, 0) is 13.3 Å². The van der Waals surface area contributed by atoms with Gasteiger partial charge in [0.1, 0.15) is 5.78 Å². The molecular weight excluding hydrogens is 128 g/mol. The highest BCUT2D eigenvalue weighted by molar-refractivity contribution is 5.82. The molecule has 0 saturated heterocycles. The third-order valence-electron chi connectivity index (χ3n) is 2.13. The molecule has 0 aromatic carbocycles. The lowest BCUT2D eigenvalue weighted by Crippen LogP contribution is -2.35. The second-order valence-corrected chi connectivity index (χ2v) is 3.20. The van der Waals surface area contributed by atoms with Crippen LogP contribution in [0.4, 0.5) is 0 Å². The first-order chi connectivity index (χ1) is 4.42. The van der Waals surface area contributed by atoms with Gasteiger partial charge in [0.15, 0.2) is 0 Å². The van der Waals surface area contributed by atoms with E-state index in [1.165, 1.54) is 6.92 Å². The number of carbonyl (C=O) groups excluding carboxylic acids is 1. The lowest BCUT2D eigenvalue weighted by atomic mass is 9.82. The van der Waals surface area contributed by atoms with Gasteiger partial charge in [0.05, 0.1) is 6.10 Å². The summed E-state index contributed by atoms with van der Waals surface area (Å²) in [6.07, 6.45) is 0.122. The topological polar surface area (TPSA) is 37.3 Å². The Labute approximate surface area is 62.2 Å². The smallest absolute Gasteiger partial charge is 0.137 e. The van der Waals surface area contributed by atoms with Crippen LogP contribution >= 0.6 is 0 Å². The number of carbonyl (C=O) groups is 1. The predicted molar refractivity (Wildman–Crippen MR) is 40.8 cm³/mol. The molecule has 0 amide bonds. The van der Waals surface area contributed by atoms with E-state index >= 15 is 0 Å². The molecule has 1 unspecified atom stereocenters. The lowest BCUT2D eigenvalue weighted by molar-refractivity contribution is -0.130. The zero-order valence-corrected chi connectivity index (χ0v) is 7.14. The molecule has 0 saturated carbocycles. The predicted octanol–water partition coefficient (Wildman–Crippen LogP) is 1.37. The van der Waals surface area contributed by atoms with Crippen molar-refractivity contribution in [3.8, 4) is 0 Å². The van der Waals surface area contributed by atoms with E-state index in [2.05, 4.69) is 0 Å². The summed E-state index contributed by atoms with van der Waals surface area (Å²) in [6, 6.07) is 0. The van der Waals surface area contributed by atoms with Crippen LogP contribution in [-0.4, -0.2) is 17.0 Å². The maximum atomic E-state index is 10.9. The number of hydrogen-bond donors (Lipinski definition) is 1. The van der Waals surface area contributed by atoms with Crippen molar-refractivity contribution in [2.75, 3.05) is 0 Å². The molecule has 0 rings (SSSR count). The van der Waals surface area contributed by atoms with Crippen molar-refractivity contribution in [2.24, 2.45) is 5.41 Å². The Balaban J connectivity index is 4.23. The first kappa shape index (κ1) is 9.63. The Morgan fingerprint density at radius 2 is 2.00 bits per heavy atom. The van der Waals surface area contributed by atoms with Crippen molar-refractivity contribution in [3.63, 3.8) is 0 Å². The third kappa shape index (κ3) is 1.81. The maximum Gasteiger partial charge on any atom is 0.137 e. The largest absolute Gasteiger partial charge is 0.392 e. The van der Waals surface area contributed by atoms with Crippen LogP contribution in [0.2, 0.25) is 0 Å².